The average molecular weight is 347 g/mol. The summed E-state index contributed by atoms with van der Waals surface area (Å²) in [6.07, 6.45) is 0. The van der Waals surface area contributed by atoms with Gasteiger partial charge in [0.2, 0.25) is 0 Å². The molecule has 6 nitrogen and oxygen atoms in total. The minimum absolute atomic E-state index is 0.734. The summed E-state index contributed by atoms with van der Waals surface area (Å²) in [4.78, 5) is 0. The predicted molar refractivity (Wildman–Crippen MR) is 62.2 cm³/mol. The molecule has 0 bridgehead atoms. The van der Waals surface area contributed by atoms with E-state index in [1.165, 1.54) is 0 Å². The van der Waals surface area contributed by atoms with Crippen molar-refractivity contribution < 1.29 is 43.8 Å². The molecule has 0 aliphatic rings. The van der Waals surface area contributed by atoms with E-state index in [0.29, 0.717) is 0 Å². The molecular formula is C13H7ClCrO6. The van der Waals surface area contributed by atoms with E-state index in [1.807, 2.05) is 24.3 Å². The number of rotatable bonds is 2. The van der Waals surface area contributed by atoms with Crippen molar-refractivity contribution in [3.8, 4) is 0 Å². The molecule has 0 saturated carbocycles. The molecular weight excluding hydrogens is 340 g/mol. The van der Waals surface area contributed by atoms with Crippen LogP contribution in [0.5, 0.6) is 0 Å². The molecule has 0 aliphatic heterocycles. The fourth-order valence-corrected chi connectivity index (χ4v) is 1.04. The van der Waals surface area contributed by atoms with Crippen molar-refractivity contribution in [2.75, 3.05) is 7.11 Å². The Morgan fingerprint density at radius 3 is 1.38 bits per heavy atom. The molecule has 21 heavy (non-hydrogen) atoms. The minimum atomic E-state index is 0.734. The van der Waals surface area contributed by atoms with Gasteiger partial charge in [0, 0.05) is 0 Å². The first kappa shape index (κ1) is 31.8. The number of hydrogen-bond acceptors (Lipinski definition) is 1. The zero-order chi connectivity index (χ0) is 18.3. The molecule has 0 unspecified atom stereocenters. The zero-order valence-electron chi connectivity index (χ0n) is 10.5. The first-order valence-corrected chi connectivity index (χ1v) is 5.11. The van der Waals surface area contributed by atoms with Crippen LogP contribution in [-0.2, 0) is 43.8 Å². The van der Waals surface area contributed by atoms with Crippen molar-refractivity contribution in [2.45, 2.75) is 0 Å². The summed E-state index contributed by atoms with van der Waals surface area (Å²) in [5.41, 5.74) is 1.01. The molecule has 0 fully saturated rings. The summed E-state index contributed by atoms with van der Waals surface area (Å²) in [6.45, 7) is 22.5. The Balaban J connectivity index is -0.0000000727. The summed E-state index contributed by atoms with van der Waals surface area (Å²) in [7, 11) is 1.63. The van der Waals surface area contributed by atoms with E-state index in [4.69, 9.17) is 39.6 Å². The Bertz CT molecular complexity index is 410. The van der Waals surface area contributed by atoms with E-state index in [-0.39, 0.29) is 0 Å². The number of methoxy groups -OCH3 is 1. The van der Waals surface area contributed by atoms with Gasteiger partial charge >= 0.3 is 135 Å². The normalized spacial score (nSPS) is 5.52. The maximum absolute atomic E-state index is 7.50. The van der Waals surface area contributed by atoms with Crippen LogP contribution in [0.15, 0.2) is 24.3 Å². The van der Waals surface area contributed by atoms with Crippen molar-refractivity contribution in [1.82, 2.24) is 0 Å². The fourth-order valence-electron chi connectivity index (χ4n) is 0.704. The molecule has 8 heteroatoms. The third-order valence-corrected chi connectivity index (χ3v) is 2.15. The van der Waals surface area contributed by atoms with Crippen LogP contribution in [0.25, 0.3) is 0 Å². The summed E-state index contributed by atoms with van der Waals surface area (Å²) in [5, 5.41) is 0.734. The van der Waals surface area contributed by atoms with Crippen LogP contribution in [0.2, 0.25) is 5.02 Å². The van der Waals surface area contributed by atoms with Crippen LogP contribution in [0.3, 0.4) is 0 Å². The average Bonchev–Trinajstić information content (AvgIpc) is 2.63. The van der Waals surface area contributed by atoms with Crippen molar-refractivity contribution in [3.05, 3.63) is 68.1 Å². The molecule has 0 spiro atoms. The first-order chi connectivity index (χ1) is 10.2. The topological polar surface area (TPSA) is 109 Å². The monoisotopic (exact) mass is 346 g/mol. The van der Waals surface area contributed by atoms with E-state index in [2.05, 4.69) is 49.1 Å². The van der Waals surface area contributed by atoms with Gasteiger partial charge in [-0.1, -0.05) is 0 Å². The molecule has 1 rings (SSSR count). The van der Waals surface area contributed by atoms with E-state index in [9.17, 15) is 0 Å². The SMILES string of the molecule is CO[C](=[Cr])c1ccc(Cl)cc1.[C-]#[O+].[C-]#[O+].[C-]#[O+].[C-]#[O+].[C-]#[O+]. The molecule has 0 radical (unpaired) electrons. The number of ether oxygens (including phenoxy) is 1. The van der Waals surface area contributed by atoms with Crippen LogP contribution >= 0.6 is 11.6 Å². The van der Waals surface area contributed by atoms with Crippen LogP contribution in [0.4, 0.5) is 0 Å². The number of halogens is 1. The van der Waals surface area contributed by atoms with Crippen molar-refractivity contribution in [2.24, 2.45) is 0 Å². The predicted octanol–water partition coefficient (Wildman–Crippen LogP) is 1.82. The standard InChI is InChI=1S/C8H7ClO.5CO.Cr/c1-10-6-7-2-4-8(9)5-3-7;5*1-2;/h2-5H,1H3;;;;;;. The van der Waals surface area contributed by atoms with Gasteiger partial charge in [-0.3, -0.25) is 0 Å². The van der Waals surface area contributed by atoms with Crippen LogP contribution in [0.1, 0.15) is 5.56 Å². The van der Waals surface area contributed by atoms with Gasteiger partial charge in [0.05, 0.1) is 0 Å². The molecule has 0 saturated heterocycles. The van der Waals surface area contributed by atoms with E-state index < -0.39 is 0 Å². The molecule has 1 aromatic carbocycles. The molecule has 0 heterocycles. The Labute approximate surface area is 135 Å². The second-order valence-electron chi connectivity index (χ2n) is 2.00. The number of benzene rings is 1. The van der Waals surface area contributed by atoms with Gasteiger partial charge in [0.25, 0.3) is 0 Å². The third-order valence-electron chi connectivity index (χ3n) is 1.27. The molecule has 0 aromatic heterocycles. The molecule has 1 aromatic rings. The second kappa shape index (κ2) is 36.3. The molecule has 108 valence electrons. The quantitative estimate of drug-likeness (QED) is 0.590. The van der Waals surface area contributed by atoms with E-state index in [1.54, 1.807) is 7.11 Å². The fraction of sp³-hybridized carbons (Fsp3) is 0.0769. The van der Waals surface area contributed by atoms with Gasteiger partial charge in [0.15, 0.2) is 0 Å². The van der Waals surface area contributed by atoms with Crippen molar-refractivity contribution in [3.63, 3.8) is 0 Å². The summed E-state index contributed by atoms with van der Waals surface area (Å²) < 4.78 is 43.3. The zero-order valence-corrected chi connectivity index (χ0v) is 12.6. The Hall–Kier alpha value is -1.43. The third kappa shape index (κ3) is 24.0. The van der Waals surface area contributed by atoms with Gasteiger partial charge in [-0.15, -0.1) is 0 Å². The van der Waals surface area contributed by atoms with Crippen molar-refractivity contribution in [1.29, 1.82) is 0 Å². The Morgan fingerprint density at radius 1 is 0.857 bits per heavy atom. The Morgan fingerprint density at radius 2 is 1.14 bits per heavy atom. The summed E-state index contributed by atoms with van der Waals surface area (Å²) in [5.74, 6) is 0. The maximum atomic E-state index is 7.50. The first-order valence-electron chi connectivity index (χ1n) is 4.10. The molecule has 0 aliphatic carbocycles. The molecule has 0 amide bonds. The van der Waals surface area contributed by atoms with Gasteiger partial charge in [-0.25, -0.2) is 0 Å². The van der Waals surface area contributed by atoms with Crippen LogP contribution < -0.4 is 0 Å². The van der Waals surface area contributed by atoms with Gasteiger partial charge in [0.1, 0.15) is 0 Å². The second-order valence-corrected chi connectivity index (χ2v) is 3.01. The van der Waals surface area contributed by atoms with Crippen LogP contribution in [0, 0.1) is 33.3 Å². The van der Waals surface area contributed by atoms with Gasteiger partial charge in [-0.05, 0) is 0 Å². The summed E-state index contributed by atoms with van der Waals surface area (Å²) in [6, 6.07) is 7.45. The van der Waals surface area contributed by atoms with Crippen molar-refractivity contribution >= 4 is 16.2 Å². The van der Waals surface area contributed by atoms with Gasteiger partial charge in [-0.2, -0.15) is 0 Å². The Kier molecular flexibility index (Phi) is 54.9. The van der Waals surface area contributed by atoms with E-state index in [0.717, 1.165) is 15.2 Å². The van der Waals surface area contributed by atoms with Crippen LogP contribution in [-0.4, -0.2) is 11.7 Å². The molecule has 0 N–H and O–H groups in total. The van der Waals surface area contributed by atoms with E-state index >= 15 is 0 Å². The summed E-state index contributed by atoms with van der Waals surface area (Å²) >= 11 is 8.51. The van der Waals surface area contributed by atoms with Gasteiger partial charge < -0.3 is 0 Å². The number of hydrogen-bond donors (Lipinski definition) is 0. The molecule has 0 atom stereocenters.